The molecule has 0 aromatic carbocycles. The smallest absolute Gasteiger partial charge is 0.292 e. The molecule has 1 aliphatic rings. The lowest BCUT2D eigenvalue weighted by atomic mass is 10.2. The van der Waals surface area contributed by atoms with Crippen molar-refractivity contribution in [2.75, 3.05) is 5.73 Å². The number of hydrogen-bond donors (Lipinski definition) is 2. The van der Waals surface area contributed by atoms with Gasteiger partial charge in [0.15, 0.2) is 0 Å². The topological polar surface area (TPSA) is 107 Å². The Morgan fingerprint density at radius 1 is 1.56 bits per heavy atom. The monoisotopic (exact) mass is 265 g/mol. The van der Waals surface area contributed by atoms with E-state index in [1.807, 2.05) is 0 Å². The number of aryl methyl sites for hydroxylation is 1. The van der Waals surface area contributed by atoms with E-state index < -0.39 is 0 Å². The molecule has 0 saturated heterocycles. The third kappa shape index (κ3) is 1.94. The van der Waals surface area contributed by atoms with Gasteiger partial charge in [0.2, 0.25) is 0 Å². The Kier molecular flexibility index (Phi) is 2.51. The van der Waals surface area contributed by atoms with Gasteiger partial charge < -0.3 is 15.6 Å². The number of nitrogens with two attached hydrogens (primary N) is 1. The zero-order valence-electron chi connectivity index (χ0n) is 9.64. The highest BCUT2D eigenvalue weighted by Gasteiger charge is 2.27. The fourth-order valence-corrected chi connectivity index (χ4v) is 2.20. The van der Waals surface area contributed by atoms with E-state index in [4.69, 9.17) is 10.3 Å². The van der Waals surface area contributed by atoms with Gasteiger partial charge in [-0.1, -0.05) is 5.16 Å². The molecule has 3 N–H and O–H groups in total. The van der Waals surface area contributed by atoms with Crippen molar-refractivity contribution in [1.29, 1.82) is 0 Å². The summed E-state index contributed by atoms with van der Waals surface area (Å²) in [5, 5.41) is 6.95. The first-order chi connectivity index (χ1) is 8.65. The van der Waals surface area contributed by atoms with E-state index >= 15 is 0 Å². The first kappa shape index (κ1) is 11.1. The Labute approximate surface area is 107 Å². The van der Waals surface area contributed by atoms with Crippen molar-refractivity contribution in [1.82, 2.24) is 19.8 Å². The number of amides is 1. The van der Waals surface area contributed by atoms with Gasteiger partial charge in [-0.3, -0.25) is 4.79 Å². The summed E-state index contributed by atoms with van der Waals surface area (Å²) in [4.78, 5) is 15.8. The maximum Gasteiger partial charge on any atom is 0.292 e. The van der Waals surface area contributed by atoms with Crippen LogP contribution < -0.4 is 11.1 Å². The minimum atomic E-state index is -0.313. The minimum absolute atomic E-state index is 0.0295. The summed E-state index contributed by atoms with van der Waals surface area (Å²) in [6, 6.07) is 0.258. The first-order valence-corrected chi connectivity index (χ1v) is 6.29. The molecule has 8 heteroatoms. The van der Waals surface area contributed by atoms with E-state index in [2.05, 4.69) is 19.8 Å². The maximum atomic E-state index is 11.7. The fraction of sp³-hybridized carbons (Fsp3) is 0.400. The van der Waals surface area contributed by atoms with Crippen LogP contribution >= 0.6 is 11.5 Å². The van der Waals surface area contributed by atoms with Gasteiger partial charge in [0.05, 0.1) is 11.3 Å². The Morgan fingerprint density at radius 2 is 2.33 bits per heavy atom. The maximum absolute atomic E-state index is 11.7. The van der Waals surface area contributed by atoms with Crippen LogP contribution in [0.4, 0.5) is 5.00 Å². The Hall–Kier alpha value is -1.96. The van der Waals surface area contributed by atoms with E-state index in [0.717, 1.165) is 30.1 Å². The molecule has 3 rings (SSSR count). The zero-order chi connectivity index (χ0) is 12.7. The van der Waals surface area contributed by atoms with Gasteiger partial charge in [-0.05, 0) is 31.3 Å². The standard InChI is InChI=1S/C10H11N5O2S/c1-4-6(7(11)18-15-4)10-13-8(14-17-10)9(16)12-5-2-3-5/h5H,2-3,11H2,1H3,(H,12,16). The largest absolute Gasteiger partial charge is 0.389 e. The van der Waals surface area contributed by atoms with Crippen LogP contribution in [-0.4, -0.2) is 26.5 Å². The number of hydrogen-bond acceptors (Lipinski definition) is 7. The van der Waals surface area contributed by atoms with Gasteiger partial charge in [0.25, 0.3) is 17.6 Å². The van der Waals surface area contributed by atoms with Crippen LogP contribution in [-0.2, 0) is 0 Å². The van der Waals surface area contributed by atoms with Gasteiger partial charge in [0, 0.05) is 6.04 Å². The molecule has 2 aromatic rings. The molecule has 0 unspecified atom stereocenters. The van der Waals surface area contributed by atoms with Crippen LogP contribution in [0.5, 0.6) is 0 Å². The number of carbonyl (C=O) groups excluding carboxylic acids is 1. The summed E-state index contributed by atoms with van der Waals surface area (Å²) in [7, 11) is 0. The highest BCUT2D eigenvalue weighted by Crippen LogP contribution is 2.30. The molecule has 0 atom stereocenters. The molecule has 1 amide bonds. The van der Waals surface area contributed by atoms with Crippen molar-refractivity contribution in [2.45, 2.75) is 25.8 Å². The molecule has 0 aliphatic heterocycles. The third-order valence-corrected chi connectivity index (χ3v) is 3.41. The van der Waals surface area contributed by atoms with E-state index in [1.165, 1.54) is 0 Å². The number of aromatic nitrogens is 3. The Morgan fingerprint density at radius 3 is 2.94 bits per heavy atom. The second kappa shape index (κ2) is 4.05. The van der Waals surface area contributed by atoms with Gasteiger partial charge >= 0.3 is 0 Å². The number of nitrogens with one attached hydrogen (secondary N) is 1. The molecule has 2 heterocycles. The summed E-state index contributed by atoms with van der Waals surface area (Å²) in [6.45, 7) is 1.80. The van der Waals surface area contributed by atoms with Crippen molar-refractivity contribution in [2.24, 2.45) is 0 Å². The summed E-state index contributed by atoms with van der Waals surface area (Å²) < 4.78 is 9.15. The quantitative estimate of drug-likeness (QED) is 0.856. The highest BCUT2D eigenvalue weighted by molar-refractivity contribution is 7.10. The lowest BCUT2D eigenvalue weighted by molar-refractivity contribution is 0.0937. The molecular weight excluding hydrogens is 254 g/mol. The van der Waals surface area contributed by atoms with Gasteiger partial charge in [-0.2, -0.15) is 9.36 Å². The van der Waals surface area contributed by atoms with Crippen LogP contribution in [0.25, 0.3) is 11.5 Å². The lowest BCUT2D eigenvalue weighted by Crippen LogP contribution is -2.26. The molecule has 0 spiro atoms. The van der Waals surface area contributed by atoms with Crippen LogP contribution in [0.2, 0.25) is 0 Å². The number of nitrogens with zero attached hydrogens (tertiary/aromatic N) is 3. The Balaban J connectivity index is 1.86. The molecule has 1 saturated carbocycles. The molecule has 18 heavy (non-hydrogen) atoms. The zero-order valence-corrected chi connectivity index (χ0v) is 10.5. The molecular formula is C10H11N5O2S. The van der Waals surface area contributed by atoms with Gasteiger partial charge in [-0.25, -0.2) is 0 Å². The number of rotatable bonds is 3. The summed E-state index contributed by atoms with van der Waals surface area (Å²) in [5.41, 5.74) is 7.10. The van der Waals surface area contributed by atoms with E-state index in [-0.39, 0.29) is 23.7 Å². The Bertz CT molecular complexity index is 582. The second-order valence-electron chi connectivity index (χ2n) is 4.18. The fourth-order valence-electron chi connectivity index (χ4n) is 1.54. The minimum Gasteiger partial charge on any atom is -0.389 e. The van der Waals surface area contributed by atoms with E-state index in [0.29, 0.717) is 10.6 Å². The molecule has 0 bridgehead atoms. The second-order valence-corrected chi connectivity index (χ2v) is 4.98. The SMILES string of the molecule is Cc1nsc(N)c1-c1nc(C(=O)NC2CC2)no1. The van der Waals surface area contributed by atoms with Crippen LogP contribution in [0.1, 0.15) is 29.2 Å². The van der Waals surface area contributed by atoms with Crippen molar-refractivity contribution >= 4 is 22.4 Å². The molecule has 1 fully saturated rings. The predicted octanol–water partition coefficient (Wildman–Crippen LogP) is 0.976. The summed E-state index contributed by atoms with van der Waals surface area (Å²) in [6.07, 6.45) is 2.02. The number of anilines is 1. The van der Waals surface area contributed by atoms with Crippen molar-refractivity contribution < 1.29 is 9.32 Å². The van der Waals surface area contributed by atoms with Crippen molar-refractivity contribution in [3.63, 3.8) is 0 Å². The summed E-state index contributed by atoms with van der Waals surface area (Å²) in [5.74, 6) is -0.0477. The lowest BCUT2D eigenvalue weighted by Gasteiger charge is -1.95. The summed E-state index contributed by atoms with van der Waals surface area (Å²) >= 11 is 1.16. The van der Waals surface area contributed by atoms with Crippen LogP contribution in [0.15, 0.2) is 4.52 Å². The van der Waals surface area contributed by atoms with Crippen LogP contribution in [0, 0.1) is 6.92 Å². The normalized spacial score (nSPS) is 14.7. The molecule has 2 aromatic heterocycles. The molecule has 0 radical (unpaired) electrons. The number of carbonyl (C=O) groups is 1. The van der Waals surface area contributed by atoms with Gasteiger partial charge in [-0.15, -0.1) is 0 Å². The predicted molar refractivity (Wildman–Crippen MR) is 65.0 cm³/mol. The molecule has 7 nitrogen and oxygen atoms in total. The first-order valence-electron chi connectivity index (χ1n) is 5.52. The van der Waals surface area contributed by atoms with E-state index in [9.17, 15) is 4.79 Å². The van der Waals surface area contributed by atoms with Crippen molar-refractivity contribution in [3.8, 4) is 11.5 Å². The highest BCUT2D eigenvalue weighted by atomic mass is 32.1. The number of nitrogen functional groups attached to an aromatic ring is 1. The van der Waals surface area contributed by atoms with Gasteiger partial charge in [0.1, 0.15) is 5.00 Å². The van der Waals surface area contributed by atoms with E-state index in [1.54, 1.807) is 6.92 Å². The molecule has 1 aliphatic carbocycles. The molecule has 94 valence electrons. The third-order valence-electron chi connectivity index (χ3n) is 2.64. The van der Waals surface area contributed by atoms with Crippen molar-refractivity contribution in [3.05, 3.63) is 11.5 Å². The van der Waals surface area contributed by atoms with Crippen LogP contribution in [0.3, 0.4) is 0 Å². The average molecular weight is 265 g/mol. The average Bonchev–Trinajstić information content (AvgIpc) is 2.89.